The topological polar surface area (TPSA) is 62.1 Å². The van der Waals surface area contributed by atoms with Crippen molar-refractivity contribution >= 4 is 11.7 Å². The fraction of sp³-hybridized carbons (Fsp3) is 0.300. The molecule has 2 aliphatic rings. The van der Waals surface area contributed by atoms with Gasteiger partial charge in [-0.05, 0) is 16.7 Å². The van der Waals surface area contributed by atoms with Crippen LogP contribution in [0.2, 0.25) is 0 Å². The average molecular weight is 336 g/mol. The molecule has 0 saturated carbocycles. The maximum absolute atomic E-state index is 10.8. The van der Waals surface area contributed by atoms with Crippen LogP contribution in [-0.2, 0) is 16.2 Å². The van der Waals surface area contributed by atoms with Gasteiger partial charge in [-0.15, -0.1) is 0 Å². The maximum atomic E-state index is 10.8. The van der Waals surface area contributed by atoms with E-state index in [1.54, 1.807) is 0 Å². The van der Waals surface area contributed by atoms with Gasteiger partial charge in [0.25, 0.3) is 0 Å². The third-order valence-electron chi connectivity index (χ3n) is 4.84. The molecule has 1 unspecified atom stereocenters. The first kappa shape index (κ1) is 15.8. The molecule has 1 N–H and O–H groups in total. The lowest BCUT2D eigenvalue weighted by molar-refractivity contribution is -0.147. The van der Waals surface area contributed by atoms with Crippen molar-refractivity contribution in [1.29, 1.82) is 0 Å². The van der Waals surface area contributed by atoms with Crippen LogP contribution in [0.15, 0.2) is 59.8 Å². The average Bonchev–Trinajstić information content (AvgIpc) is 3.09. The van der Waals surface area contributed by atoms with Gasteiger partial charge < -0.3 is 9.94 Å². The van der Waals surface area contributed by atoms with Crippen molar-refractivity contribution < 1.29 is 14.7 Å². The molecule has 25 heavy (non-hydrogen) atoms. The van der Waals surface area contributed by atoms with E-state index in [-0.39, 0.29) is 12.0 Å². The number of oxime groups is 1. The molecule has 5 heteroatoms. The van der Waals surface area contributed by atoms with Crippen LogP contribution in [0.25, 0.3) is 0 Å². The lowest BCUT2D eigenvalue weighted by Gasteiger charge is -2.36. The van der Waals surface area contributed by atoms with Gasteiger partial charge >= 0.3 is 5.97 Å². The van der Waals surface area contributed by atoms with Gasteiger partial charge in [0.1, 0.15) is 0 Å². The normalized spacial score (nSPS) is 20.6. The highest BCUT2D eigenvalue weighted by Gasteiger charge is 2.32. The number of nitrogens with zero attached hydrogens (tertiary/aromatic N) is 2. The zero-order valence-corrected chi connectivity index (χ0v) is 13.8. The smallest absolute Gasteiger partial charge is 0.309 e. The Balaban J connectivity index is 1.34. The van der Waals surface area contributed by atoms with Crippen LogP contribution in [0, 0.1) is 5.92 Å². The van der Waals surface area contributed by atoms with Gasteiger partial charge in [0.05, 0.1) is 11.6 Å². The lowest BCUT2D eigenvalue weighted by atomic mass is 9.98. The van der Waals surface area contributed by atoms with E-state index in [1.807, 2.05) is 18.2 Å². The summed E-state index contributed by atoms with van der Waals surface area (Å²) in [6.07, 6.45) is 0.764. The Kier molecular flexibility index (Phi) is 4.24. The summed E-state index contributed by atoms with van der Waals surface area (Å²) in [5, 5.41) is 13.2. The van der Waals surface area contributed by atoms with Gasteiger partial charge in [-0.2, -0.15) is 0 Å². The lowest BCUT2D eigenvalue weighted by Crippen LogP contribution is -2.49. The Morgan fingerprint density at radius 3 is 2.52 bits per heavy atom. The van der Waals surface area contributed by atoms with Crippen molar-refractivity contribution in [2.45, 2.75) is 19.1 Å². The quantitative estimate of drug-likeness (QED) is 0.911. The van der Waals surface area contributed by atoms with Crippen LogP contribution < -0.4 is 0 Å². The number of carbonyl (C=O) groups is 1. The summed E-state index contributed by atoms with van der Waals surface area (Å²) in [4.78, 5) is 18.6. The van der Waals surface area contributed by atoms with Gasteiger partial charge in [-0.25, -0.2) is 0 Å². The van der Waals surface area contributed by atoms with Crippen LogP contribution in [0.1, 0.15) is 29.2 Å². The third-order valence-corrected chi connectivity index (χ3v) is 4.84. The van der Waals surface area contributed by atoms with E-state index in [2.05, 4.69) is 46.5 Å². The number of hydrogen-bond donors (Lipinski definition) is 1. The Labute approximate surface area is 146 Å². The minimum Gasteiger partial charge on any atom is -0.481 e. The molecule has 1 fully saturated rings. The first-order valence-electron chi connectivity index (χ1n) is 8.51. The molecule has 2 aromatic rings. The molecular formula is C20H20N2O3. The first-order valence-corrected chi connectivity index (χ1v) is 8.51. The van der Waals surface area contributed by atoms with Crippen molar-refractivity contribution in [2.75, 3.05) is 13.1 Å². The van der Waals surface area contributed by atoms with Gasteiger partial charge in [0, 0.05) is 26.1 Å². The number of rotatable bonds is 5. The summed E-state index contributed by atoms with van der Waals surface area (Å²) in [6.45, 7) is 2.06. The molecular weight excluding hydrogens is 316 g/mol. The number of hydrogen-bond acceptors (Lipinski definition) is 4. The van der Waals surface area contributed by atoms with Crippen molar-refractivity contribution in [2.24, 2.45) is 11.1 Å². The molecule has 0 amide bonds. The van der Waals surface area contributed by atoms with Crippen molar-refractivity contribution in [3.8, 4) is 0 Å². The van der Waals surface area contributed by atoms with Gasteiger partial charge in [-0.1, -0.05) is 59.8 Å². The van der Waals surface area contributed by atoms with Gasteiger partial charge in [0.2, 0.25) is 0 Å². The highest BCUT2D eigenvalue weighted by Crippen LogP contribution is 2.29. The zero-order valence-electron chi connectivity index (χ0n) is 13.8. The van der Waals surface area contributed by atoms with E-state index in [9.17, 15) is 4.79 Å². The molecule has 2 aliphatic heterocycles. The Bertz CT molecular complexity index is 780. The second kappa shape index (κ2) is 6.69. The molecule has 0 aliphatic carbocycles. The molecule has 1 atom stereocenters. The molecule has 4 rings (SSSR count). The minimum absolute atomic E-state index is 0.00934. The van der Waals surface area contributed by atoms with E-state index in [0.29, 0.717) is 13.1 Å². The van der Waals surface area contributed by atoms with Crippen molar-refractivity contribution in [1.82, 2.24) is 4.90 Å². The van der Waals surface area contributed by atoms with Crippen LogP contribution in [0.3, 0.4) is 0 Å². The molecule has 128 valence electrons. The fourth-order valence-electron chi connectivity index (χ4n) is 3.31. The van der Waals surface area contributed by atoms with E-state index in [1.165, 1.54) is 5.56 Å². The Hall–Kier alpha value is -2.66. The third kappa shape index (κ3) is 3.42. The summed E-state index contributed by atoms with van der Waals surface area (Å²) in [7, 11) is 0. The standard InChI is InChI=1S/C20H20N2O3/c23-20(24)17-12-22(13-17)11-14-6-8-15(9-7-14)18-10-19(25-21-18)16-4-2-1-3-5-16/h1-9,17,19H,10-13H2,(H,23,24). The number of likely N-dealkylation sites (tertiary alicyclic amines) is 1. The molecule has 2 heterocycles. The largest absolute Gasteiger partial charge is 0.481 e. The van der Waals surface area contributed by atoms with Crippen LogP contribution in [0.4, 0.5) is 0 Å². The second-order valence-electron chi connectivity index (χ2n) is 6.67. The molecule has 0 radical (unpaired) electrons. The summed E-state index contributed by atoms with van der Waals surface area (Å²) in [6, 6.07) is 18.4. The molecule has 1 saturated heterocycles. The summed E-state index contributed by atoms with van der Waals surface area (Å²) >= 11 is 0. The summed E-state index contributed by atoms with van der Waals surface area (Å²) in [5.41, 5.74) is 4.37. The highest BCUT2D eigenvalue weighted by molar-refractivity contribution is 6.01. The van der Waals surface area contributed by atoms with Crippen LogP contribution in [0.5, 0.6) is 0 Å². The van der Waals surface area contributed by atoms with Crippen LogP contribution in [-0.4, -0.2) is 34.8 Å². The number of benzene rings is 2. The van der Waals surface area contributed by atoms with E-state index >= 15 is 0 Å². The Morgan fingerprint density at radius 1 is 1.12 bits per heavy atom. The van der Waals surface area contributed by atoms with Crippen LogP contribution >= 0.6 is 0 Å². The monoisotopic (exact) mass is 336 g/mol. The fourth-order valence-corrected chi connectivity index (χ4v) is 3.31. The molecule has 5 nitrogen and oxygen atoms in total. The first-order chi connectivity index (χ1) is 12.2. The minimum atomic E-state index is -0.696. The predicted molar refractivity (Wildman–Crippen MR) is 94.3 cm³/mol. The molecule has 0 aromatic heterocycles. The number of aliphatic carboxylic acids is 1. The van der Waals surface area contributed by atoms with Gasteiger partial charge in [-0.3, -0.25) is 9.69 Å². The van der Waals surface area contributed by atoms with E-state index in [0.717, 1.165) is 29.8 Å². The molecule has 2 aromatic carbocycles. The highest BCUT2D eigenvalue weighted by atomic mass is 16.6. The summed E-state index contributed by atoms with van der Waals surface area (Å²) < 4.78 is 0. The molecule has 0 spiro atoms. The van der Waals surface area contributed by atoms with Crippen molar-refractivity contribution in [3.63, 3.8) is 0 Å². The SMILES string of the molecule is O=C(O)C1CN(Cc2ccc(C3=NOC(c4ccccc4)C3)cc2)C1. The van der Waals surface area contributed by atoms with E-state index < -0.39 is 5.97 Å². The second-order valence-corrected chi connectivity index (χ2v) is 6.67. The predicted octanol–water partition coefficient (Wildman–Crippen LogP) is 3.07. The van der Waals surface area contributed by atoms with Crippen molar-refractivity contribution in [3.05, 3.63) is 71.3 Å². The van der Waals surface area contributed by atoms with Gasteiger partial charge in [0.15, 0.2) is 6.10 Å². The Morgan fingerprint density at radius 2 is 1.84 bits per heavy atom. The molecule has 0 bridgehead atoms. The summed E-state index contributed by atoms with van der Waals surface area (Å²) in [5.74, 6) is -0.905. The number of carboxylic acids is 1. The van der Waals surface area contributed by atoms with E-state index in [4.69, 9.17) is 9.94 Å². The zero-order chi connectivity index (χ0) is 17.2. The number of carboxylic acid groups (broad SMARTS) is 1. The maximum Gasteiger partial charge on any atom is 0.309 e.